The van der Waals surface area contributed by atoms with Crippen LogP contribution in [0.5, 0.6) is 0 Å². The number of aliphatic carboxylic acids is 1. The smallest absolute Gasteiger partial charge is 0.407 e. The second-order valence-electron chi connectivity index (χ2n) is 9.20. The number of carboxylic acid groups (broad SMARTS) is 1. The zero-order chi connectivity index (χ0) is 23.7. The SMILES string of the molecule is O=C(NC1C=CCC(C(=O)N2CCC[C@H]2C(=O)O)C1)OCC1c2ccccc2-c2ccccc21. The van der Waals surface area contributed by atoms with E-state index in [0.717, 1.165) is 11.1 Å². The van der Waals surface area contributed by atoms with Gasteiger partial charge in [0.1, 0.15) is 12.6 Å². The summed E-state index contributed by atoms with van der Waals surface area (Å²) in [5.41, 5.74) is 4.65. The quantitative estimate of drug-likeness (QED) is 0.659. The molecule has 0 spiro atoms. The molecule has 5 rings (SSSR count). The number of fused-ring (bicyclic) bond motifs is 3. The van der Waals surface area contributed by atoms with E-state index in [1.807, 2.05) is 36.4 Å². The molecule has 34 heavy (non-hydrogen) atoms. The number of nitrogens with one attached hydrogen (secondary N) is 1. The molecule has 1 fully saturated rings. The van der Waals surface area contributed by atoms with Crippen LogP contribution in [0.2, 0.25) is 0 Å². The summed E-state index contributed by atoms with van der Waals surface area (Å²) in [5.74, 6) is -1.46. The van der Waals surface area contributed by atoms with Crippen molar-refractivity contribution in [3.05, 3.63) is 71.8 Å². The van der Waals surface area contributed by atoms with Crippen molar-refractivity contribution >= 4 is 18.0 Å². The van der Waals surface area contributed by atoms with Crippen LogP contribution in [0.4, 0.5) is 4.79 Å². The van der Waals surface area contributed by atoms with Gasteiger partial charge in [-0.05, 0) is 47.9 Å². The van der Waals surface area contributed by atoms with Crippen LogP contribution in [0.3, 0.4) is 0 Å². The summed E-state index contributed by atoms with van der Waals surface area (Å²) in [4.78, 5) is 38.5. The molecule has 0 saturated carbocycles. The fourth-order valence-electron chi connectivity index (χ4n) is 5.51. The molecule has 2 aliphatic carbocycles. The van der Waals surface area contributed by atoms with Gasteiger partial charge in [0.25, 0.3) is 0 Å². The Kier molecular flexibility index (Phi) is 6.09. The predicted molar refractivity (Wildman–Crippen MR) is 126 cm³/mol. The second-order valence-corrected chi connectivity index (χ2v) is 9.20. The number of allylic oxidation sites excluding steroid dienone is 1. The molecule has 0 aromatic heterocycles. The van der Waals surface area contributed by atoms with Gasteiger partial charge in [-0.3, -0.25) is 4.79 Å². The summed E-state index contributed by atoms with van der Waals surface area (Å²) >= 11 is 0. The highest BCUT2D eigenvalue weighted by molar-refractivity contribution is 5.86. The molecule has 2 N–H and O–H groups in total. The van der Waals surface area contributed by atoms with E-state index >= 15 is 0 Å². The van der Waals surface area contributed by atoms with Crippen LogP contribution < -0.4 is 5.32 Å². The second kappa shape index (κ2) is 9.33. The summed E-state index contributed by atoms with van der Waals surface area (Å²) in [6, 6.07) is 15.3. The molecule has 2 aromatic carbocycles. The fourth-order valence-corrected chi connectivity index (χ4v) is 5.51. The Morgan fingerprint density at radius 1 is 1.03 bits per heavy atom. The van der Waals surface area contributed by atoms with Crippen LogP contribution in [0.25, 0.3) is 11.1 Å². The molecule has 176 valence electrons. The summed E-state index contributed by atoms with van der Waals surface area (Å²) in [7, 11) is 0. The van der Waals surface area contributed by atoms with Crippen LogP contribution in [0.1, 0.15) is 42.7 Å². The van der Waals surface area contributed by atoms with Gasteiger partial charge in [-0.2, -0.15) is 0 Å². The summed E-state index contributed by atoms with van der Waals surface area (Å²) in [6.45, 7) is 0.702. The minimum Gasteiger partial charge on any atom is -0.480 e. The average molecular weight is 461 g/mol. The van der Waals surface area contributed by atoms with Crippen molar-refractivity contribution in [2.75, 3.05) is 13.2 Å². The molecule has 7 heteroatoms. The Morgan fingerprint density at radius 3 is 2.38 bits per heavy atom. The number of carboxylic acids is 1. The first-order valence-electron chi connectivity index (χ1n) is 11.8. The van der Waals surface area contributed by atoms with E-state index in [2.05, 4.69) is 29.6 Å². The number of amides is 2. The lowest BCUT2D eigenvalue weighted by Crippen LogP contribution is -2.46. The molecule has 1 aliphatic heterocycles. The van der Waals surface area contributed by atoms with Crippen LogP contribution in [-0.4, -0.2) is 53.2 Å². The Morgan fingerprint density at radius 2 is 1.71 bits per heavy atom. The van der Waals surface area contributed by atoms with Gasteiger partial charge in [-0.15, -0.1) is 0 Å². The van der Waals surface area contributed by atoms with Crippen molar-refractivity contribution in [3.8, 4) is 11.1 Å². The van der Waals surface area contributed by atoms with E-state index in [9.17, 15) is 19.5 Å². The van der Waals surface area contributed by atoms with Gasteiger partial charge in [0.2, 0.25) is 5.91 Å². The van der Waals surface area contributed by atoms with Gasteiger partial charge in [0, 0.05) is 18.4 Å². The van der Waals surface area contributed by atoms with Crippen LogP contribution in [-0.2, 0) is 14.3 Å². The molecule has 0 bridgehead atoms. The Balaban J connectivity index is 1.19. The first-order valence-corrected chi connectivity index (χ1v) is 11.8. The summed E-state index contributed by atoms with van der Waals surface area (Å²) < 4.78 is 5.63. The molecule has 3 atom stereocenters. The molecule has 1 saturated heterocycles. The molecule has 7 nitrogen and oxygen atoms in total. The van der Waals surface area contributed by atoms with Crippen molar-refractivity contribution in [2.45, 2.75) is 43.7 Å². The van der Waals surface area contributed by atoms with Crippen molar-refractivity contribution in [1.82, 2.24) is 10.2 Å². The minimum atomic E-state index is -0.953. The van der Waals surface area contributed by atoms with Crippen molar-refractivity contribution in [2.24, 2.45) is 5.92 Å². The van der Waals surface area contributed by atoms with Gasteiger partial charge in [0.15, 0.2) is 0 Å². The highest BCUT2D eigenvalue weighted by atomic mass is 16.5. The highest BCUT2D eigenvalue weighted by Gasteiger charge is 2.38. The lowest BCUT2D eigenvalue weighted by molar-refractivity contribution is -0.150. The van der Waals surface area contributed by atoms with Gasteiger partial charge in [-0.25, -0.2) is 9.59 Å². The van der Waals surface area contributed by atoms with Crippen molar-refractivity contribution in [1.29, 1.82) is 0 Å². The maximum Gasteiger partial charge on any atom is 0.407 e. The Labute approximate surface area is 198 Å². The number of nitrogens with zero attached hydrogens (tertiary/aromatic N) is 1. The molecule has 2 amide bonds. The highest BCUT2D eigenvalue weighted by Crippen LogP contribution is 2.44. The average Bonchev–Trinajstić information content (AvgIpc) is 3.46. The standard InChI is InChI=1S/C27H28N2O5/c30-25(29-14-6-13-24(29)26(31)32)17-7-5-8-18(15-17)28-27(33)34-16-23-21-11-3-1-9-19(21)20-10-2-4-12-22(20)23/h1-5,8-12,17-18,23-24H,6-7,13-16H2,(H,28,33)(H,31,32)/t17?,18?,24-/m0/s1. The largest absolute Gasteiger partial charge is 0.480 e. The van der Waals surface area contributed by atoms with Gasteiger partial charge >= 0.3 is 12.1 Å². The van der Waals surface area contributed by atoms with Crippen LogP contribution in [0.15, 0.2) is 60.7 Å². The maximum atomic E-state index is 13.0. The van der Waals surface area contributed by atoms with E-state index in [0.29, 0.717) is 32.2 Å². The number of alkyl carbamates (subject to hydrolysis) is 1. The molecule has 1 heterocycles. The first kappa shape index (κ1) is 22.2. The Hall–Kier alpha value is -3.61. The van der Waals surface area contributed by atoms with E-state index in [4.69, 9.17) is 4.74 Å². The molecule has 3 aliphatic rings. The molecule has 0 radical (unpaired) electrons. The van der Waals surface area contributed by atoms with Crippen molar-refractivity contribution < 1.29 is 24.2 Å². The lowest BCUT2D eigenvalue weighted by Gasteiger charge is -2.30. The third kappa shape index (κ3) is 4.18. The Bertz CT molecular complexity index is 1100. The van der Waals surface area contributed by atoms with Gasteiger partial charge in [0.05, 0.1) is 6.04 Å². The monoisotopic (exact) mass is 460 g/mol. The fraction of sp³-hybridized carbons (Fsp3) is 0.370. The number of benzene rings is 2. The number of ether oxygens (including phenoxy) is 1. The summed E-state index contributed by atoms with van der Waals surface area (Å²) in [5, 5.41) is 12.3. The normalized spacial score (nSPS) is 23.3. The van der Waals surface area contributed by atoms with Crippen molar-refractivity contribution in [3.63, 3.8) is 0 Å². The predicted octanol–water partition coefficient (Wildman–Crippen LogP) is 3.94. The first-order chi connectivity index (χ1) is 16.5. The molecular weight excluding hydrogens is 432 g/mol. The van der Waals surface area contributed by atoms with E-state index < -0.39 is 18.1 Å². The lowest BCUT2D eigenvalue weighted by atomic mass is 9.89. The molecular formula is C27H28N2O5. The molecule has 2 aromatic rings. The number of hydrogen-bond donors (Lipinski definition) is 2. The van der Waals surface area contributed by atoms with Gasteiger partial charge in [-0.1, -0.05) is 60.7 Å². The van der Waals surface area contributed by atoms with E-state index in [-0.39, 0.29) is 30.4 Å². The number of carbonyl (C=O) groups is 3. The topological polar surface area (TPSA) is 95.9 Å². The number of carbonyl (C=O) groups excluding carboxylic acids is 2. The minimum absolute atomic E-state index is 0.0162. The van der Waals surface area contributed by atoms with Gasteiger partial charge < -0.3 is 20.1 Å². The number of rotatable bonds is 5. The number of hydrogen-bond acceptors (Lipinski definition) is 4. The molecule has 2 unspecified atom stereocenters. The third-order valence-electron chi connectivity index (χ3n) is 7.14. The van der Waals surface area contributed by atoms with Crippen LogP contribution in [0, 0.1) is 5.92 Å². The van der Waals surface area contributed by atoms with E-state index in [1.165, 1.54) is 16.0 Å². The zero-order valence-corrected chi connectivity index (χ0v) is 18.9. The van der Waals surface area contributed by atoms with E-state index in [1.54, 1.807) is 0 Å². The summed E-state index contributed by atoms with van der Waals surface area (Å²) in [6.07, 6.45) is 5.41. The zero-order valence-electron chi connectivity index (χ0n) is 18.9. The van der Waals surface area contributed by atoms with Crippen LogP contribution >= 0.6 is 0 Å². The number of likely N-dealkylation sites (tertiary alicyclic amines) is 1. The third-order valence-corrected chi connectivity index (χ3v) is 7.14. The maximum absolute atomic E-state index is 13.0.